The maximum absolute atomic E-state index is 12.6. The number of carbonyl (C=O) groups excluding carboxylic acids is 2. The van der Waals surface area contributed by atoms with Crippen molar-refractivity contribution in [2.24, 2.45) is 5.41 Å². The van der Waals surface area contributed by atoms with Gasteiger partial charge in [-0.2, -0.15) is 0 Å². The van der Waals surface area contributed by atoms with Crippen LogP contribution in [0.4, 0.5) is 4.79 Å². The maximum atomic E-state index is 12.6. The third-order valence-electron chi connectivity index (χ3n) is 4.03. The zero-order valence-corrected chi connectivity index (χ0v) is 18.1. The van der Waals surface area contributed by atoms with Gasteiger partial charge < -0.3 is 9.47 Å². The second-order valence-electron chi connectivity index (χ2n) is 6.25. The van der Waals surface area contributed by atoms with Gasteiger partial charge in [0.05, 0.1) is 18.6 Å². The number of ether oxygens (including phenoxy) is 2. The van der Waals surface area contributed by atoms with Crippen molar-refractivity contribution in [3.63, 3.8) is 0 Å². The molecule has 2 rings (SSSR count). The third kappa shape index (κ3) is 4.47. The minimum absolute atomic E-state index is 0.419. The van der Waals surface area contributed by atoms with Crippen LogP contribution in [0.25, 0.3) is 6.08 Å². The van der Waals surface area contributed by atoms with Gasteiger partial charge in [0, 0.05) is 10.7 Å². The van der Waals surface area contributed by atoms with Crippen LogP contribution in [-0.4, -0.2) is 34.5 Å². The van der Waals surface area contributed by atoms with Gasteiger partial charge in [0.15, 0.2) is 0 Å². The van der Waals surface area contributed by atoms with Crippen molar-refractivity contribution in [3.8, 4) is 0 Å². The fourth-order valence-corrected chi connectivity index (χ4v) is 3.53. The van der Waals surface area contributed by atoms with Gasteiger partial charge in [0.1, 0.15) is 6.61 Å². The predicted octanol–water partition coefficient (Wildman–Crippen LogP) is 5.48. The lowest BCUT2D eigenvalue weighted by Gasteiger charge is -2.41. The van der Waals surface area contributed by atoms with Crippen LogP contribution in [-0.2, 0) is 14.3 Å². The number of hydrogen-bond acceptors (Lipinski definition) is 4. The predicted molar refractivity (Wildman–Crippen MR) is 105 cm³/mol. The number of methoxy groups -OCH3 is 1. The van der Waals surface area contributed by atoms with Gasteiger partial charge in [-0.15, -0.1) is 0 Å². The fourth-order valence-electron chi connectivity index (χ4n) is 2.85. The van der Waals surface area contributed by atoms with Crippen LogP contribution in [0.3, 0.4) is 0 Å². The van der Waals surface area contributed by atoms with E-state index in [1.165, 1.54) is 12.0 Å². The molecule has 0 spiro atoms. The van der Waals surface area contributed by atoms with E-state index in [0.717, 1.165) is 15.6 Å². The molecule has 1 aliphatic rings. The summed E-state index contributed by atoms with van der Waals surface area (Å²) in [5.41, 5.74) is 0.566. The Hall–Kier alpha value is -0.950. The normalized spacial score (nSPS) is 16.9. The highest BCUT2D eigenvalue weighted by molar-refractivity contribution is 9.10. The number of rotatable bonds is 3. The molecule has 9 heteroatoms. The molecule has 1 amide bonds. The number of nitrogens with zero attached hydrogens (tertiary/aromatic N) is 1. The summed E-state index contributed by atoms with van der Waals surface area (Å²) in [4.78, 5) is 26.3. The number of alkyl halides is 3. The van der Waals surface area contributed by atoms with E-state index >= 15 is 0 Å². The molecule has 1 heterocycles. The number of benzene rings is 1. The molecule has 0 N–H and O–H groups in total. The largest absolute Gasteiger partial charge is 0.469 e. The molecule has 0 aliphatic carbocycles. The molecule has 26 heavy (non-hydrogen) atoms. The molecule has 0 bridgehead atoms. The van der Waals surface area contributed by atoms with E-state index < -0.39 is 33.9 Å². The van der Waals surface area contributed by atoms with Gasteiger partial charge in [-0.3, -0.25) is 9.69 Å². The summed E-state index contributed by atoms with van der Waals surface area (Å²) in [5, 5.41) is 0. The molecular formula is C17H17BrCl3NO4. The van der Waals surface area contributed by atoms with E-state index in [0.29, 0.717) is 0 Å². The maximum Gasteiger partial charge on any atom is 0.414 e. The summed E-state index contributed by atoms with van der Waals surface area (Å²) < 4.78 is 9.15. The molecule has 0 fully saturated rings. The second-order valence-corrected chi connectivity index (χ2v) is 9.62. The van der Waals surface area contributed by atoms with E-state index in [2.05, 4.69) is 15.9 Å². The summed E-state index contributed by atoms with van der Waals surface area (Å²) in [6.45, 7) is 2.97. The van der Waals surface area contributed by atoms with Crippen molar-refractivity contribution in [1.82, 2.24) is 4.90 Å². The summed E-state index contributed by atoms with van der Waals surface area (Å²) in [7, 11) is 1.30. The number of esters is 1. The third-order valence-corrected chi connectivity index (χ3v) is 5.05. The van der Waals surface area contributed by atoms with Crippen LogP contribution in [0.15, 0.2) is 28.9 Å². The Morgan fingerprint density at radius 1 is 1.27 bits per heavy atom. The van der Waals surface area contributed by atoms with Gasteiger partial charge in [-0.25, -0.2) is 4.79 Å². The van der Waals surface area contributed by atoms with Crippen molar-refractivity contribution in [3.05, 3.63) is 40.0 Å². The first-order valence-electron chi connectivity index (χ1n) is 7.56. The van der Waals surface area contributed by atoms with Gasteiger partial charge in [-0.05, 0) is 37.1 Å². The molecule has 1 aromatic carbocycles. The minimum Gasteiger partial charge on any atom is -0.469 e. The fraction of sp³-hybridized carbons (Fsp3) is 0.412. The van der Waals surface area contributed by atoms with E-state index in [1.54, 1.807) is 26.1 Å². The van der Waals surface area contributed by atoms with Crippen molar-refractivity contribution in [2.45, 2.75) is 23.7 Å². The minimum atomic E-state index is -1.73. The number of halogens is 4. The summed E-state index contributed by atoms with van der Waals surface area (Å²) in [6.07, 6.45) is 2.56. The Kier molecular flexibility index (Phi) is 6.54. The van der Waals surface area contributed by atoms with Crippen LogP contribution in [0.1, 0.15) is 31.0 Å². The first-order valence-corrected chi connectivity index (χ1v) is 9.48. The Balaban J connectivity index is 2.48. The second kappa shape index (κ2) is 7.97. The van der Waals surface area contributed by atoms with Gasteiger partial charge in [-0.1, -0.05) is 62.9 Å². The van der Waals surface area contributed by atoms with Crippen LogP contribution in [0.2, 0.25) is 0 Å². The molecule has 142 valence electrons. The van der Waals surface area contributed by atoms with Crippen LogP contribution in [0.5, 0.6) is 0 Å². The lowest BCUT2D eigenvalue weighted by molar-refractivity contribution is -0.154. The van der Waals surface area contributed by atoms with E-state index in [9.17, 15) is 9.59 Å². The van der Waals surface area contributed by atoms with Crippen molar-refractivity contribution >= 4 is 68.9 Å². The highest BCUT2D eigenvalue weighted by Gasteiger charge is 2.46. The topological polar surface area (TPSA) is 55.8 Å². The number of fused-ring (bicyclic) bond motifs is 1. The molecule has 5 nitrogen and oxygen atoms in total. The average Bonchev–Trinajstić information content (AvgIpc) is 2.57. The molecule has 0 saturated heterocycles. The van der Waals surface area contributed by atoms with Gasteiger partial charge in [0.2, 0.25) is 3.79 Å². The Morgan fingerprint density at radius 2 is 1.92 bits per heavy atom. The molecule has 1 aromatic rings. The zero-order chi connectivity index (χ0) is 19.7. The highest BCUT2D eigenvalue weighted by atomic mass is 79.9. The average molecular weight is 486 g/mol. The lowest BCUT2D eigenvalue weighted by atomic mass is 9.77. The number of amides is 1. The smallest absolute Gasteiger partial charge is 0.414 e. The van der Waals surface area contributed by atoms with Gasteiger partial charge >= 0.3 is 12.1 Å². The molecular weight excluding hydrogens is 468 g/mol. The lowest BCUT2D eigenvalue weighted by Crippen LogP contribution is -2.45. The molecule has 1 aliphatic heterocycles. The Bertz CT molecular complexity index is 746. The molecule has 0 saturated carbocycles. The quantitative estimate of drug-likeness (QED) is 0.420. The first-order chi connectivity index (χ1) is 12.0. The standard InChI is InChI=1S/C17H17BrCl3NO4/c1-16(2,14(23)25-3)13-11-5-4-6-12(18)10(11)7-8-22(13)15(24)26-9-17(19,20)21/h4-8,13H,9H2,1-3H3. The van der Waals surface area contributed by atoms with E-state index in [4.69, 9.17) is 44.3 Å². The number of hydrogen-bond donors (Lipinski definition) is 0. The molecule has 1 atom stereocenters. The first kappa shape index (κ1) is 21.4. The summed E-state index contributed by atoms with van der Waals surface area (Å²) in [5.74, 6) is -0.470. The van der Waals surface area contributed by atoms with Crippen LogP contribution < -0.4 is 0 Å². The monoisotopic (exact) mass is 483 g/mol. The number of carbonyl (C=O) groups is 2. The van der Waals surface area contributed by atoms with E-state index in [-0.39, 0.29) is 0 Å². The zero-order valence-electron chi connectivity index (χ0n) is 14.3. The highest BCUT2D eigenvalue weighted by Crippen LogP contribution is 2.45. The van der Waals surface area contributed by atoms with Crippen LogP contribution in [0, 0.1) is 5.41 Å². The molecule has 0 aromatic heterocycles. The molecule has 0 radical (unpaired) electrons. The van der Waals surface area contributed by atoms with Crippen LogP contribution >= 0.6 is 50.7 Å². The SMILES string of the molecule is COC(=O)C(C)(C)C1c2cccc(Br)c2C=CN1C(=O)OCC(Cl)(Cl)Cl. The van der Waals surface area contributed by atoms with Crippen molar-refractivity contribution in [2.75, 3.05) is 13.7 Å². The summed E-state index contributed by atoms with van der Waals surface area (Å²) >= 11 is 20.5. The Morgan fingerprint density at radius 3 is 2.50 bits per heavy atom. The van der Waals surface area contributed by atoms with Crippen molar-refractivity contribution < 1.29 is 19.1 Å². The summed E-state index contributed by atoms with van der Waals surface area (Å²) in [6, 6.07) is 4.87. The van der Waals surface area contributed by atoms with E-state index in [1.807, 2.05) is 18.2 Å². The Labute approximate surface area is 175 Å². The van der Waals surface area contributed by atoms with Gasteiger partial charge in [0.25, 0.3) is 0 Å². The van der Waals surface area contributed by atoms with Crippen molar-refractivity contribution in [1.29, 1.82) is 0 Å². The molecule has 1 unspecified atom stereocenters.